The number of para-hydroxylation sites is 3. The highest BCUT2D eigenvalue weighted by Gasteiger charge is 2.32. The van der Waals surface area contributed by atoms with E-state index in [2.05, 4.69) is 10.1 Å². The van der Waals surface area contributed by atoms with E-state index in [0.717, 1.165) is 16.8 Å². The van der Waals surface area contributed by atoms with Crippen LogP contribution in [-0.4, -0.2) is 44.4 Å². The monoisotopic (exact) mass is 428 g/mol. The number of carbonyl (C=O) groups excluding carboxylic acids is 2. The molecule has 2 aromatic carbocycles. The largest absolute Gasteiger partial charge is 0.440 e. The Kier molecular flexibility index (Phi) is 5.09. The van der Waals surface area contributed by atoms with Crippen LogP contribution in [0.4, 0.5) is 0 Å². The molecule has 32 heavy (non-hydrogen) atoms. The van der Waals surface area contributed by atoms with Gasteiger partial charge in [-0.15, -0.1) is 0 Å². The highest BCUT2D eigenvalue weighted by Crippen LogP contribution is 2.30. The van der Waals surface area contributed by atoms with Crippen molar-refractivity contribution in [3.63, 3.8) is 0 Å². The smallest absolute Gasteiger partial charge is 0.295 e. The molecule has 0 aliphatic carbocycles. The third-order valence-corrected chi connectivity index (χ3v) is 6.16. The zero-order valence-electron chi connectivity index (χ0n) is 18.1. The van der Waals surface area contributed by atoms with Crippen LogP contribution >= 0.6 is 0 Å². The Bertz CT molecular complexity index is 1260. The maximum atomic E-state index is 13.1. The molecule has 1 fully saturated rings. The molecule has 4 aromatic rings. The minimum atomic E-state index is -0.498. The molecule has 1 aliphatic heterocycles. The molecule has 7 nitrogen and oxygen atoms in total. The van der Waals surface area contributed by atoms with Gasteiger partial charge in [-0.3, -0.25) is 9.59 Å². The minimum Gasteiger partial charge on any atom is -0.440 e. The molecule has 7 heteroatoms. The lowest BCUT2D eigenvalue weighted by molar-refractivity contribution is -0.127. The zero-order valence-corrected chi connectivity index (χ0v) is 18.1. The van der Waals surface area contributed by atoms with Crippen molar-refractivity contribution >= 4 is 22.8 Å². The van der Waals surface area contributed by atoms with Gasteiger partial charge in [0.15, 0.2) is 11.5 Å². The van der Waals surface area contributed by atoms with E-state index in [9.17, 15) is 9.59 Å². The van der Waals surface area contributed by atoms with Gasteiger partial charge in [0.1, 0.15) is 5.52 Å². The lowest BCUT2D eigenvalue weighted by Crippen LogP contribution is -2.42. The van der Waals surface area contributed by atoms with E-state index >= 15 is 0 Å². The fraction of sp³-hybridized carbons (Fsp3) is 0.280. The predicted molar refractivity (Wildman–Crippen MR) is 120 cm³/mol. The Balaban J connectivity index is 1.30. The number of hydrogen-bond acceptors (Lipinski definition) is 5. The number of aryl methyl sites for hydroxylation is 1. The topological polar surface area (TPSA) is 81.2 Å². The number of nitrogens with zero attached hydrogens (tertiary/aromatic N) is 4. The fourth-order valence-corrected chi connectivity index (χ4v) is 4.44. The summed E-state index contributed by atoms with van der Waals surface area (Å²) < 4.78 is 7.62. The van der Waals surface area contributed by atoms with E-state index < -0.39 is 11.7 Å². The summed E-state index contributed by atoms with van der Waals surface area (Å²) in [5.41, 5.74) is 4.10. The predicted octanol–water partition coefficient (Wildman–Crippen LogP) is 4.22. The molecule has 0 unspecified atom stereocenters. The van der Waals surface area contributed by atoms with Gasteiger partial charge in [0.2, 0.25) is 0 Å². The van der Waals surface area contributed by atoms with Gasteiger partial charge in [-0.25, -0.2) is 9.67 Å². The van der Waals surface area contributed by atoms with E-state index in [1.165, 1.54) is 0 Å². The van der Waals surface area contributed by atoms with E-state index in [0.29, 0.717) is 48.8 Å². The highest BCUT2D eigenvalue weighted by molar-refractivity contribution is 6.43. The van der Waals surface area contributed by atoms with Crippen molar-refractivity contribution in [3.8, 4) is 5.69 Å². The Labute approximate surface area is 185 Å². The number of likely N-dealkylation sites (tertiary alicyclic amines) is 1. The summed E-state index contributed by atoms with van der Waals surface area (Å²) in [4.78, 5) is 32.4. The number of ketones is 1. The van der Waals surface area contributed by atoms with Crippen molar-refractivity contribution in [1.29, 1.82) is 0 Å². The Morgan fingerprint density at radius 2 is 1.66 bits per heavy atom. The van der Waals surface area contributed by atoms with E-state index in [-0.39, 0.29) is 5.92 Å². The fourth-order valence-electron chi connectivity index (χ4n) is 4.44. The average molecular weight is 428 g/mol. The molecule has 3 heterocycles. The minimum absolute atomic E-state index is 0.144. The number of hydrogen-bond donors (Lipinski definition) is 0. The number of amides is 1. The van der Waals surface area contributed by atoms with Gasteiger partial charge in [0, 0.05) is 19.0 Å². The molecule has 1 amide bonds. The highest BCUT2D eigenvalue weighted by atomic mass is 16.3. The summed E-state index contributed by atoms with van der Waals surface area (Å²) in [7, 11) is 0. The first-order chi connectivity index (χ1) is 15.5. The first kappa shape index (κ1) is 20.2. The lowest BCUT2D eigenvalue weighted by atomic mass is 9.96. The maximum Gasteiger partial charge on any atom is 0.295 e. The molecule has 0 atom stereocenters. The normalized spacial score (nSPS) is 14.8. The summed E-state index contributed by atoms with van der Waals surface area (Å²) in [6.45, 7) is 4.59. The van der Waals surface area contributed by atoms with Gasteiger partial charge in [-0.2, -0.15) is 5.10 Å². The van der Waals surface area contributed by atoms with Crippen LogP contribution in [0.15, 0.2) is 59.0 Å². The second-order valence-electron chi connectivity index (χ2n) is 8.21. The van der Waals surface area contributed by atoms with Crippen molar-refractivity contribution in [2.75, 3.05) is 13.1 Å². The number of aromatic nitrogens is 3. The molecule has 0 radical (unpaired) electrons. The summed E-state index contributed by atoms with van der Waals surface area (Å²) in [5, 5.41) is 4.51. The molecule has 0 saturated carbocycles. The molecule has 0 spiro atoms. The summed E-state index contributed by atoms with van der Waals surface area (Å²) in [6, 6.07) is 17.3. The van der Waals surface area contributed by atoms with Crippen LogP contribution in [0.1, 0.15) is 46.4 Å². The molecule has 1 saturated heterocycles. The average Bonchev–Trinajstić information content (AvgIpc) is 3.39. The van der Waals surface area contributed by atoms with Crippen LogP contribution < -0.4 is 0 Å². The van der Waals surface area contributed by atoms with Crippen molar-refractivity contribution in [1.82, 2.24) is 19.7 Å². The molecule has 162 valence electrons. The quantitative estimate of drug-likeness (QED) is 0.359. The van der Waals surface area contributed by atoms with Gasteiger partial charge in [0.25, 0.3) is 11.7 Å². The van der Waals surface area contributed by atoms with E-state index in [4.69, 9.17) is 4.42 Å². The number of carbonyl (C=O) groups is 2. The number of piperidine rings is 1. The standard InChI is InChI=1S/C25H24N4O3/c1-16-22(17(2)29(27-16)19-8-4-3-5-9-19)23(30)25(31)28-14-12-18(13-15-28)24-26-20-10-6-7-11-21(20)32-24/h3-11,18H,12-15H2,1-2H3. The van der Waals surface area contributed by atoms with Crippen molar-refractivity contribution in [3.05, 3.63) is 77.4 Å². The van der Waals surface area contributed by atoms with E-state index in [1.54, 1.807) is 16.5 Å². The Morgan fingerprint density at radius 1 is 0.969 bits per heavy atom. The summed E-state index contributed by atoms with van der Waals surface area (Å²) in [6.07, 6.45) is 1.43. The number of benzene rings is 2. The van der Waals surface area contributed by atoms with Crippen LogP contribution in [0.2, 0.25) is 0 Å². The lowest BCUT2D eigenvalue weighted by Gasteiger charge is -2.30. The van der Waals surface area contributed by atoms with Gasteiger partial charge in [-0.05, 0) is 51.0 Å². The first-order valence-electron chi connectivity index (χ1n) is 10.8. The molecule has 1 aliphatic rings. The third kappa shape index (κ3) is 3.49. The SMILES string of the molecule is Cc1nn(-c2ccccc2)c(C)c1C(=O)C(=O)N1CCC(c2nc3ccccc3o2)CC1. The molecule has 0 bridgehead atoms. The first-order valence-corrected chi connectivity index (χ1v) is 10.8. The van der Waals surface area contributed by atoms with Crippen molar-refractivity contribution in [2.45, 2.75) is 32.6 Å². The summed E-state index contributed by atoms with van der Waals surface area (Å²) in [5.74, 6) is -0.117. The van der Waals surface area contributed by atoms with Gasteiger partial charge >= 0.3 is 0 Å². The second kappa shape index (κ2) is 8.07. The van der Waals surface area contributed by atoms with Gasteiger partial charge in [-0.1, -0.05) is 30.3 Å². The second-order valence-corrected chi connectivity index (χ2v) is 8.21. The maximum absolute atomic E-state index is 13.1. The van der Waals surface area contributed by atoms with Gasteiger partial charge in [0.05, 0.1) is 22.6 Å². The zero-order chi connectivity index (χ0) is 22.2. The molecule has 5 rings (SSSR count). The van der Waals surface area contributed by atoms with Crippen molar-refractivity contribution < 1.29 is 14.0 Å². The molecule has 0 N–H and O–H groups in total. The number of Topliss-reactive ketones (excluding diaryl/α,β-unsaturated/α-hetero) is 1. The van der Waals surface area contributed by atoms with Crippen LogP contribution in [0.3, 0.4) is 0 Å². The summed E-state index contributed by atoms with van der Waals surface area (Å²) >= 11 is 0. The number of fused-ring (bicyclic) bond motifs is 1. The van der Waals surface area contributed by atoms with Crippen molar-refractivity contribution in [2.24, 2.45) is 0 Å². The van der Waals surface area contributed by atoms with E-state index in [1.807, 2.05) is 61.5 Å². The van der Waals surface area contributed by atoms with Crippen LogP contribution in [0.25, 0.3) is 16.8 Å². The molecular formula is C25H24N4O3. The van der Waals surface area contributed by atoms with Crippen LogP contribution in [0.5, 0.6) is 0 Å². The molecular weight excluding hydrogens is 404 g/mol. The van der Waals surface area contributed by atoms with Crippen LogP contribution in [0, 0.1) is 13.8 Å². The van der Waals surface area contributed by atoms with Crippen LogP contribution in [-0.2, 0) is 4.79 Å². The third-order valence-electron chi connectivity index (χ3n) is 6.16. The molecule has 2 aromatic heterocycles. The van der Waals surface area contributed by atoms with Gasteiger partial charge < -0.3 is 9.32 Å². The number of rotatable bonds is 4. The Hall–Kier alpha value is -3.74. The number of oxazole rings is 1. The Morgan fingerprint density at radius 3 is 2.38 bits per heavy atom.